The lowest BCUT2D eigenvalue weighted by molar-refractivity contribution is 0.204. The maximum absolute atomic E-state index is 5.80. The third kappa shape index (κ3) is 5.21. The molecule has 1 aromatic rings. The number of aryl methyl sites for hydroxylation is 1. The van der Waals surface area contributed by atoms with Crippen molar-refractivity contribution in [3.05, 3.63) is 29.3 Å². The number of methoxy groups -OCH3 is 1. The van der Waals surface area contributed by atoms with E-state index in [4.69, 9.17) is 10.5 Å². The number of rotatable bonds is 5. The molecule has 1 aromatic carbocycles. The molecule has 0 unspecified atom stereocenters. The molecule has 2 rings (SSSR count). The molecule has 0 aromatic heterocycles. The maximum Gasteiger partial charge on any atom is 0.188 e. The average molecular weight is 357 g/mol. The van der Waals surface area contributed by atoms with E-state index in [1.807, 2.05) is 0 Å². The molecule has 0 amide bonds. The fourth-order valence-corrected chi connectivity index (χ4v) is 2.45. The van der Waals surface area contributed by atoms with Gasteiger partial charge in [0.1, 0.15) is 0 Å². The molecular weight excluding hydrogens is 332 g/mol. The first-order valence-corrected chi connectivity index (χ1v) is 7.06. The molecule has 21 heavy (non-hydrogen) atoms. The SMILES string of the molecule is Br.COCCNC(N)=NCc1ccc2c(c1)CCCN2C. The number of nitrogens with one attached hydrogen (secondary N) is 1. The molecular formula is C15H25BrN4O. The van der Waals surface area contributed by atoms with Gasteiger partial charge in [-0.1, -0.05) is 12.1 Å². The fourth-order valence-electron chi connectivity index (χ4n) is 2.45. The van der Waals surface area contributed by atoms with Gasteiger partial charge in [0.15, 0.2) is 5.96 Å². The maximum atomic E-state index is 5.80. The molecule has 0 spiro atoms. The highest BCUT2D eigenvalue weighted by molar-refractivity contribution is 8.93. The third-order valence-corrected chi connectivity index (χ3v) is 3.54. The molecule has 0 aliphatic carbocycles. The highest BCUT2D eigenvalue weighted by Crippen LogP contribution is 2.26. The van der Waals surface area contributed by atoms with Gasteiger partial charge in [-0.25, -0.2) is 4.99 Å². The van der Waals surface area contributed by atoms with Crippen LogP contribution in [0.3, 0.4) is 0 Å². The van der Waals surface area contributed by atoms with Crippen molar-refractivity contribution in [2.24, 2.45) is 10.7 Å². The van der Waals surface area contributed by atoms with Gasteiger partial charge in [-0.2, -0.15) is 0 Å². The van der Waals surface area contributed by atoms with Crippen LogP contribution in [-0.4, -0.2) is 39.8 Å². The average Bonchev–Trinajstić information content (AvgIpc) is 2.45. The zero-order valence-corrected chi connectivity index (χ0v) is 14.5. The van der Waals surface area contributed by atoms with Crippen molar-refractivity contribution in [2.75, 3.05) is 38.8 Å². The van der Waals surface area contributed by atoms with E-state index < -0.39 is 0 Å². The molecule has 118 valence electrons. The van der Waals surface area contributed by atoms with E-state index in [1.54, 1.807) is 7.11 Å². The third-order valence-electron chi connectivity index (χ3n) is 3.54. The molecule has 0 radical (unpaired) electrons. The Labute approximate surface area is 137 Å². The number of benzene rings is 1. The summed E-state index contributed by atoms with van der Waals surface area (Å²) in [7, 11) is 3.81. The number of ether oxygens (including phenoxy) is 1. The van der Waals surface area contributed by atoms with Gasteiger partial charge in [-0.15, -0.1) is 17.0 Å². The summed E-state index contributed by atoms with van der Waals surface area (Å²) in [5.41, 5.74) is 9.76. The van der Waals surface area contributed by atoms with Crippen molar-refractivity contribution in [1.29, 1.82) is 0 Å². The summed E-state index contributed by atoms with van der Waals surface area (Å²) in [6.07, 6.45) is 2.37. The zero-order valence-electron chi connectivity index (χ0n) is 12.8. The van der Waals surface area contributed by atoms with Crippen molar-refractivity contribution in [1.82, 2.24) is 5.32 Å². The summed E-state index contributed by atoms with van der Waals surface area (Å²) in [4.78, 5) is 6.66. The number of aliphatic imine (C=N–C) groups is 1. The normalized spacial score (nSPS) is 14.4. The van der Waals surface area contributed by atoms with E-state index in [1.165, 1.54) is 23.2 Å². The second kappa shape index (κ2) is 8.89. The minimum absolute atomic E-state index is 0. The summed E-state index contributed by atoms with van der Waals surface area (Å²) < 4.78 is 4.95. The molecule has 0 saturated heterocycles. The molecule has 1 heterocycles. The van der Waals surface area contributed by atoms with Gasteiger partial charge in [-0.05, 0) is 30.0 Å². The van der Waals surface area contributed by atoms with Gasteiger partial charge < -0.3 is 20.7 Å². The minimum atomic E-state index is 0. The minimum Gasteiger partial charge on any atom is -0.383 e. The number of halogens is 1. The predicted molar refractivity (Wildman–Crippen MR) is 93.6 cm³/mol. The van der Waals surface area contributed by atoms with Gasteiger partial charge in [0, 0.05) is 32.9 Å². The Bertz CT molecular complexity index is 479. The lowest BCUT2D eigenvalue weighted by Gasteiger charge is -2.27. The quantitative estimate of drug-likeness (QED) is 0.478. The van der Waals surface area contributed by atoms with Crippen molar-refractivity contribution in [2.45, 2.75) is 19.4 Å². The van der Waals surface area contributed by atoms with E-state index in [0.29, 0.717) is 25.7 Å². The monoisotopic (exact) mass is 356 g/mol. The van der Waals surface area contributed by atoms with Gasteiger partial charge in [0.05, 0.1) is 13.2 Å². The summed E-state index contributed by atoms with van der Waals surface area (Å²) in [6.45, 7) is 3.06. The number of hydrogen-bond acceptors (Lipinski definition) is 3. The Kier molecular flexibility index (Phi) is 7.53. The first-order chi connectivity index (χ1) is 9.70. The van der Waals surface area contributed by atoms with Crippen LogP contribution >= 0.6 is 17.0 Å². The zero-order chi connectivity index (χ0) is 14.4. The number of fused-ring (bicyclic) bond motifs is 1. The van der Waals surface area contributed by atoms with Crippen LogP contribution in [0, 0.1) is 0 Å². The molecule has 0 atom stereocenters. The Morgan fingerprint density at radius 2 is 2.29 bits per heavy atom. The first-order valence-electron chi connectivity index (χ1n) is 7.06. The lowest BCUT2D eigenvalue weighted by atomic mass is 10.00. The molecule has 5 nitrogen and oxygen atoms in total. The van der Waals surface area contributed by atoms with Crippen LogP contribution in [0.25, 0.3) is 0 Å². The number of guanidine groups is 1. The standard InChI is InChI=1S/C15H24N4O.BrH/c1-19-8-3-4-13-10-12(5-6-14(13)19)11-18-15(16)17-7-9-20-2;/h5-6,10H,3-4,7-9,11H2,1-2H3,(H3,16,17,18);1H. The summed E-state index contributed by atoms with van der Waals surface area (Å²) >= 11 is 0. The van der Waals surface area contributed by atoms with Gasteiger partial charge in [0.25, 0.3) is 0 Å². The Hall–Kier alpha value is -1.27. The number of nitrogens with two attached hydrogens (primary N) is 1. The van der Waals surface area contributed by atoms with E-state index in [2.05, 4.69) is 40.5 Å². The molecule has 0 saturated carbocycles. The van der Waals surface area contributed by atoms with Crippen LogP contribution in [-0.2, 0) is 17.7 Å². The molecule has 6 heteroatoms. The number of nitrogens with zero attached hydrogens (tertiary/aromatic N) is 2. The van der Waals surface area contributed by atoms with Crippen molar-refractivity contribution < 1.29 is 4.74 Å². The molecule has 1 aliphatic rings. The largest absolute Gasteiger partial charge is 0.383 e. The van der Waals surface area contributed by atoms with Crippen LogP contribution < -0.4 is 16.0 Å². The molecule has 3 N–H and O–H groups in total. The fraction of sp³-hybridized carbons (Fsp3) is 0.533. The Morgan fingerprint density at radius 1 is 1.48 bits per heavy atom. The topological polar surface area (TPSA) is 62.9 Å². The second-order valence-corrected chi connectivity index (χ2v) is 5.11. The highest BCUT2D eigenvalue weighted by Gasteiger charge is 2.13. The van der Waals surface area contributed by atoms with Gasteiger partial charge in [-0.3, -0.25) is 0 Å². The van der Waals surface area contributed by atoms with Crippen LogP contribution in [0.4, 0.5) is 5.69 Å². The lowest BCUT2D eigenvalue weighted by Crippen LogP contribution is -2.34. The Balaban J connectivity index is 0.00000220. The van der Waals surface area contributed by atoms with Crippen molar-refractivity contribution in [3.63, 3.8) is 0 Å². The highest BCUT2D eigenvalue weighted by atomic mass is 79.9. The molecule has 0 fully saturated rings. The van der Waals surface area contributed by atoms with Crippen LogP contribution in [0.5, 0.6) is 0 Å². The Morgan fingerprint density at radius 3 is 3.05 bits per heavy atom. The van der Waals surface area contributed by atoms with E-state index in [9.17, 15) is 0 Å². The summed E-state index contributed by atoms with van der Waals surface area (Å²) in [6, 6.07) is 6.57. The van der Waals surface area contributed by atoms with Gasteiger partial charge in [0.2, 0.25) is 0 Å². The summed E-state index contributed by atoms with van der Waals surface area (Å²) in [5.74, 6) is 0.469. The second-order valence-electron chi connectivity index (χ2n) is 5.11. The number of hydrogen-bond donors (Lipinski definition) is 2. The van der Waals surface area contributed by atoms with E-state index in [-0.39, 0.29) is 17.0 Å². The van der Waals surface area contributed by atoms with Gasteiger partial charge >= 0.3 is 0 Å². The van der Waals surface area contributed by atoms with Crippen LogP contribution in [0.15, 0.2) is 23.2 Å². The molecule has 1 aliphatic heterocycles. The predicted octanol–water partition coefficient (Wildman–Crippen LogP) is 1.70. The first kappa shape index (κ1) is 17.8. The van der Waals surface area contributed by atoms with E-state index >= 15 is 0 Å². The van der Waals surface area contributed by atoms with Crippen LogP contribution in [0.2, 0.25) is 0 Å². The number of anilines is 1. The van der Waals surface area contributed by atoms with Crippen LogP contribution in [0.1, 0.15) is 17.5 Å². The molecule has 0 bridgehead atoms. The van der Waals surface area contributed by atoms with E-state index in [0.717, 1.165) is 13.0 Å². The van der Waals surface area contributed by atoms with Crippen molar-refractivity contribution in [3.8, 4) is 0 Å². The smallest absolute Gasteiger partial charge is 0.188 e. The van der Waals surface area contributed by atoms with Crippen molar-refractivity contribution >= 4 is 28.6 Å². The summed E-state index contributed by atoms with van der Waals surface area (Å²) in [5, 5.41) is 3.02.